The van der Waals surface area contributed by atoms with Gasteiger partial charge in [0, 0.05) is 18.9 Å². The van der Waals surface area contributed by atoms with Gasteiger partial charge in [-0.1, -0.05) is 12.1 Å². The Labute approximate surface area is 144 Å². The standard InChI is InChI=1S/C18H19F2N3O2/c1-12(14-3-2-6-21-10-14)22-18(24)23-7-8-25-17(11-23)13-4-5-15(19)16(20)9-13/h2-6,9-10,12,17H,7-8,11H2,1H3,(H,22,24)/t12-,17-/m1/s1. The molecular formula is C18H19F2N3O2. The first-order valence-corrected chi connectivity index (χ1v) is 8.06. The Kier molecular flexibility index (Phi) is 5.23. The normalized spacial score (nSPS) is 18.7. The van der Waals surface area contributed by atoms with Crippen LogP contribution in [0.1, 0.15) is 30.2 Å². The van der Waals surface area contributed by atoms with Crippen molar-refractivity contribution in [1.29, 1.82) is 0 Å². The van der Waals surface area contributed by atoms with Crippen LogP contribution in [0, 0.1) is 11.6 Å². The Hall–Kier alpha value is -2.54. The molecule has 7 heteroatoms. The molecule has 5 nitrogen and oxygen atoms in total. The van der Waals surface area contributed by atoms with Crippen LogP contribution < -0.4 is 5.32 Å². The van der Waals surface area contributed by atoms with Crippen molar-refractivity contribution in [3.8, 4) is 0 Å². The van der Waals surface area contributed by atoms with E-state index in [0.29, 0.717) is 18.7 Å². The molecule has 2 heterocycles. The number of benzene rings is 1. The molecule has 1 N–H and O–H groups in total. The molecule has 0 spiro atoms. The summed E-state index contributed by atoms with van der Waals surface area (Å²) in [7, 11) is 0. The van der Waals surface area contributed by atoms with Crippen molar-refractivity contribution in [2.75, 3.05) is 19.7 Å². The zero-order chi connectivity index (χ0) is 17.8. The van der Waals surface area contributed by atoms with E-state index in [1.54, 1.807) is 17.3 Å². The van der Waals surface area contributed by atoms with E-state index in [-0.39, 0.29) is 18.6 Å². The van der Waals surface area contributed by atoms with Crippen LogP contribution in [0.4, 0.5) is 13.6 Å². The fourth-order valence-electron chi connectivity index (χ4n) is 2.74. The third kappa shape index (κ3) is 4.11. The highest BCUT2D eigenvalue weighted by molar-refractivity contribution is 5.74. The van der Waals surface area contributed by atoms with Gasteiger partial charge in [0.2, 0.25) is 0 Å². The first-order chi connectivity index (χ1) is 12.0. The second-order valence-corrected chi connectivity index (χ2v) is 5.94. The Bertz CT molecular complexity index is 742. The third-order valence-corrected chi connectivity index (χ3v) is 4.19. The van der Waals surface area contributed by atoms with Crippen LogP contribution in [-0.2, 0) is 4.74 Å². The molecule has 25 heavy (non-hydrogen) atoms. The summed E-state index contributed by atoms with van der Waals surface area (Å²) >= 11 is 0. The number of carbonyl (C=O) groups is 1. The molecule has 0 aliphatic carbocycles. The second-order valence-electron chi connectivity index (χ2n) is 5.94. The number of halogens is 2. The smallest absolute Gasteiger partial charge is 0.318 e. The van der Waals surface area contributed by atoms with Crippen molar-refractivity contribution in [3.05, 3.63) is 65.5 Å². The van der Waals surface area contributed by atoms with Gasteiger partial charge in [-0.3, -0.25) is 4.98 Å². The zero-order valence-electron chi connectivity index (χ0n) is 13.8. The molecule has 0 unspecified atom stereocenters. The summed E-state index contributed by atoms with van der Waals surface area (Å²) in [6, 6.07) is 6.94. The van der Waals surface area contributed by atoms with E-state index in [4.69, 9.17) is 4.74 Å². The maximum Gasteiger partial charge on any atom is 0.318 e. The van der Waals surface area contributed by atoms with E-state index in [0.717, 1.165) is 17.7 Å². The van der Waals surface area contributed by atoms with Crippen molar-refractivity contribution < 1.29 is 18.3 Å². The number of aromatic nitrogens is 1. The van der Waals surface area contributed by atoms with Crippen LogP contribution in [-0.4, -0.2) is 35.6 Å². The van der Waals surface area contributed by atoms with E-state index in [1.807, 2.05) is 19.1 Å². The van der Waals surface area contributed by atoms with Gasteiger partial charge in [-0.15, -0.1) is 0 Å². The summed E-state index contributed by atoms with van der Waals surface area (Å²) in [5.41, 5.74) is 1.41. The number of carbonyl (C=O) groups excluding carboxylic acids is 1. The molecule has 2 amide bonds. The molecule has 1 saturated heterocycles. The molecule has 2 aromatic rings. The lowest BCUT2D eigenvalue weighted by Gasteiger charge is -2.34. The van der Waals surface area contributed by atoms with Gasteiger partial charge < -0.3 is 15.0 Å². The minimum absolute atomic E-state index is 0.189. The molecule has 0 saturated carbocycles. The Morgan fingerprint density at radius 3 is 2.92 bits per heavy atom. The first-order valence-electron chi connectivity index (χ1n) is 8.06. The SMILES string of the molecule is C[C@@H](NC(=O)N1CCO[C@@H](c2ccc(F)c(F)c2)C1)c1cccnc1. The summed E-state index contributed by atoms with van der Waals surface area (Å²) in [5, 5.41) is 2.92. The summed E-state index contributed by atoms with van der Waals surface area (Å²) < 4.78 is 32.1. The third-order valence-electron chi connectivity index (χ3n) is 4.19. The summed E-state index contributed by atoms with van der Waals surface area (Å²) in [6.45, 7) is 2.92. The van der Waals surface area contributed by atoms with Gasteiger partial charge in [-0.2, -0.15) is 0 Å². The monoisotopic (exact) mass is 347 g/mol. The number of morpholine rings is 1. The van der Waals surface area contributed by atoms with E-state index < -0.39 is 17.7 Å². The highest BCUT2D eigenvalue weighted by atomic mass is 19.2. The predicted octanol–water partition coefficient (Wildman–Crippen LogP) is 3.20. The fraction of sp³-hybridized carbons (Fsp3) is 0.333. The van der Waals surface area contributed by atoms with Crippen molar-refractivity contribution in [1.82, 2.24) is 15.2 Å². The Morgan fingerprint density at radius 2 is 2.20 bits per heavy atom. The summed E-state index contributed by atoms with van der Waals surface area (Å²) in [6.07, 6.45) is 2.89. The maximum atomic E-state index is 13.4. The van der Waals surface area contributed by atoms with Crippen LogP contribution in [0.15, 0.2) is 42.7 Å². The van der Waals surface area contributed by atoms with Crippen LogP contribution in [0.5, 0.6) is 0 Å². The number of hydrogen-bond donors (Lipinski definition) is 1. The Morgan fingerprint density at radius 1 is 1.36 bits per heavy atom. The summed E-state index contributed by atoms with van der Waals surface area (Å²) in [4.78, 5) is 18.1. The fourth-order valence-corrected chi connectivity index (χ4v) is 2.74. The van der Waals surface area contributed by atoms with Crippen molar-refractivity contribution >= 4 is 6.03 Å². The number of nitrogens with one attached hydrogen (secondary N) is 1. The first kappa shape index (κ1) is 17.3. The molecular weight excluding hydrogens is 328 g/mol. The molecule has 1 aromatic carbocycles. The molecule has 2 atom stereocenters. The van der Waals surface area contributed by atoms with Gasteiger partial charge in [0.05, 0.1) is 19.2 Å². The summed E-state index contributed by atoms with van der Waals surface area (Å²) in [5.74, 6) is -1.83. The topological polar surface area (TPSA) is 54.5 Å². The van der Waals surface area contributed by atoms with Crippen LogP contribution in [0.25, 0.3) is 0 Å². The van der Waals surface area contributed by atoms with E-state index in [2.05, 4.69) is 10.3 Å². The van der Waals surface area contributed by atoms with E-state index in [1.165, 1.54) is 6.07 Å². The van der Waals surface area contributed by atoms with Gasteiger partial charge in [-0.25, -0.2) is 13.6 Å². The number of amides is 2. The number of rotatable bonds is 3. The lowest BCUT2D eigenvalue weighted by Crippen LogP contribution is -2.47. The lowest BCUT2D eigenvalue weighted by molar-refractivity contribution is -0.0159. The van der Waals surface area contributed by atoms with Crippen LogP contribution in [0.3, 0.4) is 0 Å². The van der Waals surface area contributed by atoms with Gasteiger partial charge in [0.1, 0.15) is 6.10 Å². The minimum Gasteiger partial charge on any atom is -0.370 e. The van der Waals surface area contributed by atoms with Gasteiger partial charge >= 0.3 is 6.03 Å². The second kappa shape index (κ2) is 7.57. The van der Waals surface area contributed by atoms with Crippen LogP contribution in [0.2, 0.25) is 0 Å². The lowest BCUT2D eigenvalue weighted by atomic mass is 10.1. The molecule has 0 radical (unpaired) electrons. The molecule has 132 valence electrons. The number of pyridine rings is 1. The maximum absolute atomic E-state index is 13.4. The van der Waals surface area contributed by atoms with E-state index >= 15 is 0 Å². The van der Waals surface area contributed by atoms with Crippen molar-refractivity contribution in [3.63, 3.8) is 0 Å². The number of urea groups is 1. The number of ether oxygens (including phenoxy) is 1. The van der Waals surface area contributed by atoms with Gasteiger partial charge in [0.25, 0.3) is 0 Å². The molecule has 1 aliphatic rings. The molecule has 0 bridgehead atoms. The van der Waals surface area contributed by atoms with Gasteiger partial charge in [-0.05, 0) is 36.2 Å². The highest BCUT2D eigenvalue weighted by Gasteiger charge is 2.26. The minimum atomic E-state index is -0.923. The molecule has 1 fully saturated rings. The Balaban J connectivity index is 1.64. The predicted molar refractivity (Wildman–Crippen MR) is 87.8 cm³/mol. The van der Waals surface area contributed by atoms with E-state index in [9.17, 15) is 13.6 Å². The highest BCUT2D eigenvalue weighted by Crippen LogP contribution is 2.24. The zero-order valence-corrected chi connectivity index (χ0v) is 13.8. The molecule has 1 aliphatic heterocycles. The molecule has 3 rings (SSSR count). The average Bonchev–Trinajstić information content (AvgIpc) is 2.64. The number of hydrogen-bond acceptors (Lipinski definition) is 3. The average molecular weight is 347 g/mol. The van der Waals surface area contributed by atoms with Gasteiger partial charge in [0.15, 0.2) is 11.6 Å². The largest absolute Gasteiger partial charge is 0.370 e. The van der Waals surface area contributed by atoms with Crippen molar-refractivity contribution in [2.45, 2.75) is 19.1 Å². The quantitative estimate of drug-likeness (QED) is 0.928. The molecule has 1 aromatic heterocycles. The van der Waals surface area contributed by atoms with Crippen molar-refractivity contribution in [2.24, 2.45) is 0 Å². The number of nitrogens with zero attached hydrogens (tertiary/aromatic N) is 2. The van der Waals surface area contributed by atoms with Crippen LogP contribution >= 0.6 is 0 Å².